The van der Waals surface area contributed by atoms with Gasteiger partial charge < -0.3 is 19.3 Å². The monoisotopic (exact) mass is 598 g/mol. The van der Waals surface area contributed by atoms with Crippen molar-refractivity contribution in [2.45, 2.75) is 67.5 Å². The Morgan fingerprint density at radius 3 is 1.53 bits per heavy atom. The molecule has 224 valence electrons. The highest BCUT2D eigenvalue weighted by atomic mass is 19.4. The largest absolute Gasteiger partial charge is 0.459 e. The molecular weight excluding hydrogens is 581 g/mol. The lowest BCUT2D eigenvalue weighted by Gasteiger charge is -2.49. The zero-order chi connectivity index (χ0) is 30.3. The average Bonchev–Trinajstić information content (AvgIpc) is 2.68. The van der Waals surface area contributed by atoms with Gasteiger partial charge in [-0.15, -0.1) is 0 Å². The maximum Gasteiger partial charge on any atom is 0.426 e. The van der Waals surface area contributed by atoms with Crippen LogP contribution in [-0.4, -0.2) is 73.2 Å². The van der Waals surface area contributed by atoms with Crippen LogP contribution in [0.5, 0.6) is 0 Å². The molecule has 0 spiro atoms. The molecule has 0 radical (unpaired) electrons. The topological polar surface area (TPSA) is 65.0 Å². The normalized spacial score (nSPS) is 22.8. The van der Waals surface area contributed by atoms with Gasteiger partial charge in [0.2, 0.25) is 0 Å². The number of hydrogen-bond acceptors (Lipinski definition) is 5. The van der Waals surface area contributed by atoms with Crippen LogP contribution >= 0.6 is 0 Å². The fourth-order valence-electron chi connectivity index (χ4n) is 4.05. The second-order valence-corrected chi connectivity index (χ2v) is 8.15. The van der Waals surface area contributed by atoms with Crippen molar-refractivity contribution in [3.8, 4) is 0 Å². The molecule has 3 atom stereocenters. The number of carbonyl (C=O) groups is 1. The molecule has 0 aromatic heterocycles. The fraction of sp³-hybridized carbons (Fsp3) is 0.833. The number of carbonyl (C=O) groups excluding carboxylic acids is 1. The van der Waals surface area contributed by atoms with Crippen LogP contribution in [0.3, 0.4) is 0 Å². The molecule has 5 nitrogen and oxygen atoms in total. The molecule has 1 N–H and O–H groups in total. The Morgan fingerprint density at radius 1 is 0.763 bits per heavy atom. The van der Waals surface area contributed by atoms with Gasteiger partial charge in [-0.3, -0.25) is 0 Å². The number of halogens is 15. The van der Waals surface area contributed by atoms with E-state index in [4.69, 9.17) is 0 Å². The van der Waals surface area contributed by atoms with Gasteiger partial charge in [0.05, 0.1) is 0 Å². The first-order valence-corrected chi connectivity index (χ1v) is 9.77. The Labute approximate surface area is 202 Å². The molecule has 0 aliphatic heterocycles. The molecule has 0 amide bonds. The summed E-state index contributed by atoms with van der Waals surface area (Å²) < 4.78 is 214. The quantitative estimate of drug-likeness (QED) is 0.175. The molecule has 3 unspecified atom stereocenters. The molecular formula is C18H17F15O5. The molecule has 0 bridgehead atoms. The summed E-state index contributed by atoms with van der Waals surface area (Å²) in [6.45, 7) is 0.352. The van der Waals surface area contributed by atoms with Gasteiger partial charge in [0.1, 0.15) is 18.5 Å². The highest BCUT2D eigenvalue weighted by molar-refractivity contribution is 5.89. The summed E-state index contributed by atoms with van der Waals surface area (Å²) in [5, 5.41) is 9.65. The minimum atomic E-state index is -6.77. The molecule has 1 saturated carbocycles. The van der Waals surface area contributed by atoms with Gasteiger partial charge in [0.25, 0.3) is 11.2 Å². The first kappa shape index (κ1) is 34.1. The molecule has 0 aromatic carbocycles. The van der Waals surface area contributed by atoms with Gasteiger partial charge >= 0.3 is 36.9 Å². The van der Waals surface area contributed by atoms with Crippen molar-refractivity contribution in [2.75, 3.05) is 13.9 Å². The molecule has 1 aliphatic carbocycles. The van der Waals surface area contributed by atoms with Crippen LogP contribution < -0.4 is 0 Å². The molecule has 1 aliphatic rings. The molecule has 38 heavy (non-hydrogen) atoms. The number of hydrogen-bond donors (Lipinski definition) is 1. The summed E-state index contributed by atoms with van der Waals surface area (Å²) in [6, 6.07) is 0. The van der Waals surface area contributed by atoms with Crippen LogP contribution in [-0.2, 0) is 19.0 Å². The SMILES string of the molecule is C=C(C(=O)OC1CC(C(O)(C(F)(F)F)C(F)(F)F)CC(C(OCOC)(C(F)(F)F)C(F)(F)F)C1)C(F)(F)F. The van der Waals surface area contributed by atoms with E-state index >= 15 is 0 Å². The van der Waals surface area contributed by atoms with Crippen molar-refractivity contribution >= 4 is 5.97 Å². The zero-order valence-electron chi connectivity index (χ0n) is 18.5. The van der Waals surface area contributed by atoms with Crippen LogP contribution in [0.2, 0.25) is 0 Å². The molecule has 20 heteroatoms. The summed E-state index contributed by atoms with van der Waals surface area (Å²) in [4.78, 5) is 11.7. The Bertz CT molecular complexity index is 825. The predicted octanol–water partition coefficient (Wildman–Crippen LogP) is 5.77. The Hall–Kier alpha value is -1.96. The first-order valence-electron chi connectivity index (χ1n) is 9.77. The standard InChI is InChI=1S/C18H17F15O5/c1-7(14(19,20)21)11(34)38-10-4-8(12(35,15(22,23)24)16(25,26)27)3-9(5-10)13(17(28,29)30,18(31,32)33)37-6-36-2/h8-10,35H,1,3-6H2,2H3. The molecule has 0 aromatic rings. The third kappa shape index (κ3) is 6.26. The summed E-state index contributed by atoms with van der Waals surface area (Å²) in [5.74, 6) is -9.77. The van der Waals surface area contributed by atoms with E-state index in [2.05, 4.69) is 20.8 Å². The summed E-state index contributed by atoms with van der Waals surface area (Å²) in [5.41, 5.74) is -14.0. The maximum atomic E-state index is 13.9. The van der Waals surface area contributed by atoms with Gasteiger partial charge in [-0.05, 0) is 19.3 Å². The first-order chi connectivity index (χ1) is 16.7. The van der Waals surface area contributed by atoms with E-state index in [1.54, 1.807) is 0 Å². The van der Waals surface area contributed by atoms with Crippen molar-refractivity contribution in [2.24, 2.45) is 11.8 Å². The fourth-order valence-corrected chi connectivity index (χ4v) is 4.05. The van der Waals surface area contributed by atoms with Crippen molar-refractivity contribution in [3.05, 3.63) is 12.2 Å². The lowest BCUT2D eigenvalue weighted by atomic mass is 9.65. The van der Waals surface area contributed by atoms with Crippen LogP contribution in [0.1, 0.15) is 19.3 Å². The highest BCUT2D eigenvalue weighted by Gasteiger charge is 2.79. The van der Waals surface area contributed by atoms with Crippen LogP contribution in [0.15, 0.2) is 12.2 Å². The minimum Gasteiger partial charge on any atom is -0.459 e. The smallest absolute Gasteiger partial charge is 0.426 e. The number of ether oxygens (including phenoxy) is 3. The van der Waals surface area contributed by atoms with Gasteiger partial charge in [-0.25, -0.2) is 4.79 Å². The Kier molecular flexibility index (Phi) is 9.46. The summed E-state index contributed by atoms with van der Waals surface area (Å²) in [7, 11) is 0.514. The van der Waals surface area contributed by atoms with E-state index in [9.17, 15) is 75.8 Å². The molecule has 1 fully saturated rings. The van der Waals surface area contributed by atoms with Crippen LogP contribution in [0.4, 0.5) is 65.9 Å². The van der Waals surface area contributed by atoms with Gasteiger partial charge in [-0.2, -0.15) is 65.9 Å². The van der Waals surface area contributed by atoms with Crippen molar-refractivity contribution < 1.29 is 90.0 Å². The van der Waals surface area contributed by atoms with Gasteiger partial charge in [0, 0.05) is 18.9 Å². The van der Waals surface area contributed by atoms with E-state index in [1.165, 1.54) is 0 Å². The lowest BCUT2D eigenvalue weighted by Crippen LogP contribution is -2.68. The van der Waals surface area contributed by atoms with Crippen LogP contribution in [0, 0.1) is 11.8 Å². The van der Waals surface area contributed by atoms with Crippen LogP contribution in [0.25, 0.3) is 0 Å². The Balaban J connectivity index is 3.84. The minimum absolute atomic E-state index is 0.514. The third-order valence-electron chi connectivity index (χ3n) is 5.80. The van der Waals surface area contributed by atoms with Crippen molar-refractivity contribution in [3.63, 3.8) is 0 Å². The van der Waals surface area contributed by atoms with Crippen molar-refractivity contribution in [1.29, 1.82) is 0 Å². The van der Waals surface area contributed by atoms with Gasteiger partial charge in [0.15, 0.2) is 0 Å². The van der Waals surface area contributed by atoms with E-state index in [1.807, 2.05) is 0 Å². The summed E-state index contributed by atoms with van der Waals surface area (Å²) >= 11 is 0. The lowest BCUT2D eigenvalue weighted by molar-refractivity contribution is -0.420. The van der Waals surface area contributed by atoms with E-state index < -0.39 is 97.6 Å². The maximum absolute atomic E-state index is 13.9. The van der Waals surface area contributed by atoms with Gasteiger partial charge in [-0.1, -0.05) is 6.58 Å². The molecule has 0 saturated heterocycles. The molecule has 1 rings (SSSR count). The number of methoxy groups -OCH3 is 1. The number of alkyl halides is 15. The second kappa shape index (κ2) is 10.5. The average molecular weight is 598 g/mol. The van der Waals surface area contributed by atoms with E-state index in [0.29, 0.717) is 7.11 Å². The third-order valence-corrected chi connectivity index (χ3v) is 5.80. The number of aliphatic hydroxyl groups is 1. The molecule has 0 heterocycles. The summed E-state index contributed by atoms with van der Waals surface area (Å²) in [6.07, 6.45) is -41.4. The number of esters is 1. The highest BCUT2D eigenvalue weighted by Crippen LogP contribution is 2.59. The van der Waals surface area contributed by atoms with Crippen molar-refractivity contribution in [1.82, 2.24) is 0 Å². The second-order valence-electron chi connectivity index (χ2n) is 8.15. The Morgan fingerprint density at radius 2 is 1.18 bits per heavy atom. The zero-order valence-corrected chi connectivity index (χ0v) is 18.5. The predicted molar refractivity (Wildman–Crippen MR) is 90.8 cm³/mol. The van der Waals surface area contributed by atoms with E-state index in [-0.39, 0.29) is 0 Å². The van der Waals surface area contributed by atoms with E-state index in [0.717, 1.165) is 0 Å². The number of rotatable bonds is 7.